The normalized spacial score (nSPS) is 10.6. The van der Waals surface area contributed by atoms with E-state index in [1.807, 2.05) is 38.1 Å². The first-order valence-electron chi connectivity index (χ1n) is 8.15. The Kier molecular flexibility index (Phi) is 5.74. The van der Waals surface area contributed by atoms with Crippen LogP contribution in [0.25, 0.3) is 11.3 Å². The lowest BCUT2D eigenvalue weighted by molar-refractivity contribution is 0.702. The largest absolute Gasteiger partial charge is 0.396 e. The first-order valence-corrected chi connectivity index (χ1v) is 8.15. The maximum Gasteiger partial charge on any atom is 0.156 e. The summed E-state index contributed by atoms with van der Waals surface area (Å²) in [7, 11) is 0. The summed E-state index contributed by atoms with van der Waals surface area (Å²) >= 11 is 0. The third-order valence-corrected chi connectivity index (χ3v) is 3.80. The number of nitrogen functional groups attached to an aromatic ring is 1. The lowest BCUT2D eigenvalue weighted by Gasteiger charge is -2.25. The molecule has 0 fully saturated rings. The van der Waals surface area contributed by atoms with E-state index in [1.165, 1.54) is 12.8 Å². The van der Waals surface area contributed by atoms with Gasteiger partial charge >= 0.3 is 0 Å². The van der Waals surface area contributed by atoms with E-state index in [0.717, 1.165) is 41.4 Å². The van der Waals surface area contributed by atoms with Crippen LogP contribution in [0.3, 0.4) is 0 Å². The van der Waals surface area contributed by atoms with Gasteiger partial charge in [-0.2, -0.15) is 0 Å². The smallest absolute Gasteiger partial charge is 0.156 e. The van der Waals surface area contributed by atoms with E-state index in [0.29, 0.717) is 5.69 Å². The second kappa shape index (κ2) is 7.77. The predicted octanol–water partition coefficient (Wildman–Crippen LogP) is 4.56. The summed E-state index contributed by atoms with van der Waals surface area (Å²) in [6.07, 6.45) is 5.28. The number of allylic oxidation sites excluding steroid dienone is 1. The van der Waals surface area contributed by atoms with Crippen LogP contribution in [0.1, 0.15) is 38.8 Å². The molecule has 0 aliphatic heterocycles. The zero-order valence-corrected chi connectivity index (χ0v) is 14.3. The summed E-state index contributed by atoms with van der Waals surface area (Å²) in [5, 5.41) is 0. The van der Waals surface area contributed by atoms with Crippen LogP contribution in [-0.2, 0) is 0 Å². The topological polar surface area (TPSA) is 55.0 Å². The summed E-state index contributed by atoms with van der Waals surface area (Å²) in [6, 6.07) is 7.88. The van der Waals surface area contributed by atoms with Crippen LogP contribution in [0, 0.1) is 6.92 Å². The molecule has 2 aromatic heterocycles. The number of anilines is 2. The van der Waals surface area contributed by atoms with Crippen molar-refractivity contribution >= 4 is 11.5 Å². The summed E-state index contributed by atoms with van der Waals surface area (Å²) in [5.41, 5.74) is 10.8. The Morgan fingerprint density at radius 1 is 1.26 bits per heavy atom. The van der Waals surface area contributed by atoms with Crippen LogP contribution in [0.5, 0.6) is 0 Å². The number of nitrogens with zero attached hydrogens (tertiary/aromatic N) is 3. The number of unbranched alkanes of at least 4 members (excludes halogenated alkanes) is 2. The van der Waals surface area contributed by atoms with Crippen molar-refractivity contribution in [3.63, 3.8) is 0 Å². The minimum absolute atomic E-state index is 0.680. The van der Waals surface area contributed by atoms with E-state index in [4.69, 9.17) is 10.7 Å². The average molecular weight is 310 g/mol. The van der Waals surface area contributed by atoms with Crippen molar-refractivity contribution in [1.82, 2.24) is 9.97 Å². The Labute approximate surface area is 139 Å². The predicted molar refractivity (Wildman–Crippen MR) is 98.3 cm³/mol. The highest BCUT2D eigenvalue weighted by molar-refractivity contribution is 5.71. The molecule has 2 N–H and O–H groups in total. The number of aromatic nitrogens is 2. The summed E-state index contributed by atoms with van der Waals surface area (Å²) in [4.78, 5) is 11.2. The van der Waals surface area contributed by atoms with Gasteiger partial charge in [0.2, 0.25) is 0 Å². The van der Waals surface area contributed by atoms with Gasteiger partial charge in [0.1, 0.15) is 0 Å². The molecular formula is C19H26N4. The summed E-state index contributed by atoms with van der Waals surface area (Å²) in [5.74, 6) is 0.792. The minimum Gasteiger partial charge on any atom is -0.396 e. The van der Waals surface area contributed by atoms with Crippen LogP contribution in [0.4, 0.5) is 11.5 Å². The molecule has 2 heterocycles. The number of hydrogen-bond donors (Lipinski definition) is 1. The molecule has 0 aromatic carbocycles. The van der Waals surface area contributed by atoms with Gasteiger partial charge in [-0.05, 0) is 44.5 Å². The van der Waals surface area contributed by atoms with Gasteiger partial charge in [-0.15, -0.1) is 0 Å². The van der Waals surface area contributed by atoms with Crippen molar-refractivity contribution in [3.05, 3.63) is 48.4 Å². The van der Waals surface area contributed by atoms with Gasteiger partial charge in [0.15, 0.2) is 5.82 Å². The molecule has 0 unspecified atom stereocenters. The molecule has 23 heavy (non-hydrogen) atoms. The van der Waals surface area contributed by atoms with Crippen LogP contribution < -0.4 is 10.6 Å². The first kappa shape index (κ1) is 17.0. The van der Waals surface area contributed by atoms with Crippen molar-refractivity contribution in [2.45, 2.75) is 40.0 Å². The highest BCUT2D eigenvalue weighted by Crippen LogP contribution is 2.28. The van der Waals surface area contributed by atoms with Crippen molar-refractivity contribution < 1.29 is 0 Å². The number of pyridine rings is 2. The number of nitrogens with two attached hydrogens (primary N) is 1. The first-order chi connectivity index (χ1) is 11.0. The number of aryl methyl sites for hydroxylation is 1. The van der Waals surface area contributed by atoms with Crippen LogP contribution in [0.2, 0.25) is 0 Å². The van der Waals surface area contributed by atoms with E-state index >= 15 is 0 Å². The molecule has 4 heteroatoms. The summed E-state index contributed by atoms with van der Waals surface area (Å²) < 4.78 is 0. The quantitative estimate of drug-likeness (QED) is 0.761. The maximum absolute atomic E-state index is 6.18. The highest BCUT2D eigenvalue weighted by Gasteiger charge is 2.14. The van der Waals surface area contributed by atoms with Crippen molar-refractivity contribution in [2.75, 3.05) is 17.2 Å². The Hall–Kier alpha value is -2.36. The second-order valence-electron chi connectivity index (χ2n) is 5.89. The number of hydrogen-bond acceptors (Lipinski definition) is 4. The third kappa shape index (κ3) is 4.31. The summed E-state index contributed by atoms with van der Waals surface area (Å²) in [6.45, 7) is 11.2. The van der Waals surface area contributed by atoms with E-state index in [2.05, 4.69) is 23.4 Å². The van der Waals surface area contributed by atoms with E-state index < -0.39 is 0 Å². The van der Waals surface area contributed by atoms with E-state index in [1.54, 1.807) is 6.20 Å². The molecule has 0 saturated carbocycles. The Bertz CT molecular complexity index is 679. The zero-order chi connectivity index (χ0) is 16.8. The van der Waals surface area contributed by atoms with Gasteiger partial charge in [-0.25, -0.2) is 4.98 Å². The van der Waals surface area contributed by atoms with E-state index in [-0.39, 0.29) is 0 Å². The second-order valence-corrected chi connectivity index (χ2v) is 5.89. The molecule has 0 aliphatic rings. The van der Waals surface area contributed by atoms with Crippen LogP contribution in [-0.4, -0.2) is 16.5 Å². The van der Waals surface area contributed by atoms with Gasteiger partial charge in [-0.1, -0.05) is 26.3 Å². The molecule has 122 valence electrons. The fourth-order valence-electron chi connectivity index (χ4n) is 2.54. The zero-order valence-electron chi connectivity index (χ0n) is 14.3. The van der Waals surface area contributed by atoms with Crippen LogP contribution >= 0.6 is 0 Å². The fraction of sp³-hybridized carbons (Fsp3) is 0.368. The third-order valence-electron chi connectivity index (χ3n) is 3.80. The monoisotopic (exact) mass is 310 g/mol. The molecule has 0 radical (unpaired) electrons. The molecule has 2 aromatic rings. The Morgan fingerprint density at radius 2 is 2.04 bits per heavy atom. The SMILES string of the molecule is C=C(C)N(CCCCC)c1nc(-c2ccnc(C)c2)ccc1N. The molecule has 4 nitrogen and oxygen atoms in total. The lowest BCUT2D eigenvalue weighted by atomic mass is 10.1. The van der Waals surface area contributed by atoms with Crippen molar-refractivity contribution in [1.29, 1.82) is 0 Å². The molecule has 0 bridgehead atoms. The van der Waals surface area contributed by atoms with Gasteiger partial charge in [0.25, 0.3) is 0 Å². The molecule has 0 atom stereocenters. The highest BCUT2D eigenvalue weighted by atomic mass is 15.2. The molecule has 0 spiro atoms. The molecule has 0 saturated heterocycles. The van der Waals surface area contributed by atoms with Crippen molar-refractivity contribution in [2.24, 2.45) is 0 Å². The van der Waals surface area contributed by atoms with Gasteiger partial charge in [-0.3, -0.25) is 4.98 Å². The maximum atomic E-state index is 6.18. The number of rotatable bonds is 7. The van der Waals surface area contributed by atoms with Gasteiger partial charge in [0.05, 0.1) is 11.4 Å². The Morgan fingerprint density at radius 3 is 2.70 bits per heavy atom. The van der Waals surface area contributed by atoms with Crippen molar-refractivity contribution in [3.8, 4) is 11.3 Å². The fourth-order valence-corrected chi connectivity index (χ4v) is 2.54. The average Bonchev–Trinajstić information content (AvgIpc) is 2.52. The standard InChI is InChI=1S/C19H26N4/c1-5-6-7-12-23(14(2)3)19-17(20)8-9-18(22-19)16-10-11-21-15(4)13-16/h8-11,13H,2,5-7,12,20H2,1,3-4H3. The molecule has 0 aliphatic carbocycles. The van der Waals surface area contributed by atoms with Crippen LogP contribution in [0.15, 0.2) is 42.7 Å². The van der Waals surface area contributed by atoms with Gasteiger partial charge in [0, 0.05) is 29.7 Å². The van der Waals surface area contributed by atoms with Gasteiger partial charge < -0.3 is 10.6 Å². The molecule has 2 rings (SSSR count). The molecular weight excluding hydrogens is 284 g/mol. The van der Waals surface area contributed by atoms with E-state index in [9.17, 15) is 0 Å². The Balaban J connectivity index is 2.36. The lowest BCUT2D eigenvalue weighted by Crippen LogP contribution is -2.24. The molecule has 0 amide bonds. The minimum atomic E-state index is 0.680.